The molecule has 2 rings (SSSR count). The Hall–Kier alpha value is -2.29. The van der Waals surface area contributed by atoms with Crippen LogP contribution in [0.3, 0.4) is 0 Å². The van der Waals surface area contributed by atoms with Gasteiger partial charge in [0.15, 0.2) is 11.5 Å². The number of rotatable bonds is 12. The van der Waals surface area contributed by atoms with Crippen molar-refractivity contribution in [3.63, 3.8) is 0 Å². The number of sulfonamides is 1. The molecule has 154 valence electrons. The zero-order valence-corrected chi connectivity index (χ0v) is 17.1. The topological polar surface area (TPSA) is 99.9 Å². The van der Waals surface area contributed by atoms with Crippen LogP contribution in [0.25, 0.3) is 0 Å². The lowest BCUT2D eigenvalue weighted by Gasteiger charge is -2.16. The summed E-state index contributed by atoms with van der Waals surface area (Å²) < 4.78 is 39.7. The van der Waals surface area contributed by atoms with Gasteiger partial charge in [0.1, 0.15) is 12.4 Å². The molecule has 0 aliphatic rings. The maximum absolute atomic E-state index is 11.4. The van der Waals surface area contributed by atoms with Crippen molar-refractivity contribution < 1.29 is 22.6 Å². The molecule has 0 saturated carbocycles. The van der Waals surface area contributed by atoms with E-state index in [1.54, 1.807) is 12.1 Å². The SMILES string of the molecule is CCOc1ccccc1OCCNC(C)CCOc1cccc(S(N)(=O)=O)c1. The van der Waals surface area contributed by atoms with Gasteiger partial charge in [-0.3, -0.25) is 0 Å². The van der Waals surface area contributed by atoms with Gasteiger partial charge in [-0.05, 0) is 44.5 Å². The zero-order valence-electron chi connectivity index (χ0n) is 16.3. The van der Waals surface area contributed by atoms with Crippen LogP contribution in [0, 0.1) is 0 Å². The molecule has 2 aromatic rings. The van der Waals surface area contributed by atoms with Crippen molar-refractivity contribution in [2.75, 3.05) is 26.4 Å². The van der Waals surface area contributed by atoms with E-state index in [1.165, 1.54) is 12.1 Å². The minimum atomic E-state index is -3.73. The summed E-state index contributed by atoms with van der Waals surface area (Å²) >= 11 is 0. The molecule has 0 aliphatic carbocycles. The summed E-state index contributed by atoms with van der Waals surface area (Å²) in [6.07, 6.45) is 0.759. The van der Waals surface area contributed by atoms with Gasteiger partial charge in [0.2, 0.25) is 10.0 Å². The van der Waals surface area contributed by atoms with Crippen molar-refractivity contribution in [3.05, 3.63) is 48.5 Å². The minimum Gasteiger partial charge on any atom is -0.493 e. The van der Waals surface area contributed by atoms with Crippen LogP contribution in [0.2, 0.25) is 0 Å². The van der Waals surface area contributed by atoms with E-state index in [0.717, 1.165) is 17.9 Å². The predicted octanol–water partition coefficient (Wildman–Crippen LogP) is 2.56. The average molecular weight is 409 g/mol. The first kappa shape index (κ1) is 22.0. The summed E-state index contributed by atoms with van der Waals surface area (Å²) in [5.74, 6) is 1.96. The number of hydrogen-bond donors (Lipinski definition) is 2. The van der Waals surface area contributed by atoms with Crippen molar-refractivity contribution in [1.82, 2.24) is 5.32 Å². The Morgan fingerprint density at radius 2 is 1.71 bits per heavy atom. The molecule has 1 unspecified atom stereocenters. The molecule has 2 aromatic carbocycles. The molecule has 28 heavy (non-hydrogen) atoms. The molecule has 0 saturated heterocycles. The van der Waals surface area contributed by atoms with Gasteiger partial charge in [-0.1, -0.05) is 18.2 Å². The third kappa shape index (κ3) is 7.38. The Morgan fingerprint density at radius 3 is 2.39 bits per heavy atom. The zero-order chi connectivity index (χ0) is 20.4. The highest BCUT2D eigenvalue weighted by Crippen LogP contribution is 2.26. The third-order valence-corrected chi connectivity index (χ3v) is 4.87. The molecule has 0 aliphatic heterocycles. The van der Waals surface area contributed by atoms with Crippen LogP contribution in [-0.2, 0) is 10.0 Å². The Kier molecular flexibility index (Phi) is 8.56. The second-order valence-corrected chi connectivity index (χ2v) is 7.80. The van der Waals surface area contributed by atoms with Gasteiger partial charge in [0.05, 0.1) is 18.1 Å². The molecule has 0 fully saturated rings. The van der Waals surface area contributed by atoms with Crippen LogP contribution in [0.15, 0.2) is 53.4 Å². The number of hydrogen-bond acceptors (Lipinski definition) is 6. The largest absolute Gasteiger partial charge is 0.493 e. The molecular formula is C20H28N2O5S. The Labute approximate surface area is 166 Å². The third-order valence-electron chi connectivity index (χ3n) is 3.96. The van der Waals surface area contributed by atoms with Crippen molar-refractivity contribution in [2.24, 2.45) is 5.14 Å². The minimum absolute atomic E-state index is 0.0423. The van der Waals surface area contributed by atoms with Crippen LogP contribution in [0.5, 0.6) is 17.2 Å². The summed E-state index contributed by atoms with van der Waals surface area (Å²) in [6.45, 7) is 6.24. The fourth-order valence-corrected chi connectivity index (χ4v) is 3.06. The maximum Gasteiger partial charge on any atom is 0.238 e. The van der Waals surface area contributed by atoms with E-state index in [4.69, 9.17) is 19.3 Å². The van der Waals surface area contributed by atoms with E-state index in [-0.39, 0.29) is 10.9 Å². The number of para-hydroxylation sites is 2. The van der Waals surface area contributed by atoms with E-state index in [1.807, 2.05) is 31.2 Å². The molecular weight excluding hydrogens is 380 g/mol. The standard InChI is InChI=1S/C20H28N2O5S/c1-3-25-19-9-4-5-10-20(19)27-14-12-22-16(2)11-13-26-17-7-6-8-18(15-17)28(21,23)24/h4-10,15-16,22H,3,11-14H2,1-2H3,(H2,21,23,24). The maximum atomic E-state index is 11.4. The predicted molar refractivity (Wildman–Crippen MR) is 108 cm³/mol. The first-order valence-electron chi connectivity index (χ1n) is 9.24. The Balaban J connectivity index is 1.68. The molecule has 0 amide bonds. The van der Waals surface area contributed by atoms with Crippen LogP contribution in [0.4, 0.5) is 0 Å². The fourth-order valence-electron chi connectivity index (χ4n) is 2.51. The molecule has 3 N–H and O–H groups in total. The van der Waals surface area contributed by atoms with Crippen molar-refractivity contribution in [2.45, 2.75) is 31.2 Å². The Bertz CT molecular complexity index is 842. The molecule has 0 spiro atoms. The fraction of sp³-hybridized carbons (Fsp3) is 0.400. The molecule has 7 nitrogen and oxygen atoms in total. The number of benzene rings is 2. The van der Waals surface area contributed by atoms with E-state index in [2.05, 4.69) is 12.2 Å². The van der Waals surface area contributed by atoms with Gasteiger partial charge >= 0.3 is 0 Å². The summed E-state index contributed by atoms with van der Waals surface area (Å²) in [5.41, 5.74) is 0. The van der Waals surface area contributed by atoms with Gasteiger partial charge in [-0.25, -0.2) is 13.6 Å². The highest BCUT2D eigenvalue weighted by molar-refractivity contribution is 7.89. The van der Waals surface area contributed by atoms with Crippen LogP contribution in [0.1, 0.15) is 20.3 Å². The summed E-state index contributed by atoms with van der Waals surface area (Å²) in [7, 11) is -3.73. The molecule has 0 aromatic heterocycles. The van der Waals surface area contributed by atoms with Crippen molar-refractivity contribution in [1.29, 1.82) is 0 Å². The first-order valence-corrected chi connectivity index (χ1v) is 10.8. The summed E-state index contributed by atoms with van der Waals surface area (Å²) in [4.78, 5) is 0.0423. The number of nitrogens with one attached hydrogen (secondary N) is 1. The smallest absolute Gasteiger partial charge is 0.238 e. The molecule has 0 heterocycles. The molecule has 8 heteroatoms. The molecule has 1 atom stereocenters. The average Bonchev–Trinajstić information content (AvgIpc) is 2.66. The second-order valence-electron chi connectivity index (χ2n) is 6.24. The van der Waals surface area contributed by atoms with E-state index >= 15 is 0 Å². The van der Waals surface area contributed by atoms with Gasteiger partial charge < -0.3 is 19.5 Å². The van der Waals surface area contributed by atoms with Gasteiger partial charge in [0, 0.05) is 18.7 Å². The first-order chi connectivity index (χ1) is 13.4. The van der Waals surface area contributed by atoms with Gasteiger partial charge in [-0.2, -0.15) is 0 Å². The summed E-state index contributed by atoms with van der Waals surface area (Å²) in [5, 5.41) is 8.49. The number of nitrogens with two attached hydrogens (primary N) is 1. The lowest BCUT2D eigenvalue weighted by atomic mass is 10.2. The molecule has 0 bridgehead atoms. The highest BCUT2D eigenvalue weighted by atomic mass is 32.2. The van der Waals surface area contributed by atoms with E-state index in [9.17, 15) is 8.42 Å². The number of ether oxygens (including phenoxy) is 3. The monoisotopic (exact) mass is 408 g/mol. The van der Waals surface area contributed by atoms with Crippen LogP contribution in [-0.4, -0.2) is 40.8 Å². The van der Waals surface area contributed by atoms with E-state index in [0.29, 0.717) is 32.1 Å². The Morgan fingerprint density at radius 1 is 1.00 bits per heavy atom. The van der Waals surface area contributed by atoms with Crippen molar-refractivity contribution in [3.8, 4) is 17.2 Å². The van der Waals surface area contributed by atoms with Crippen LogP contribution < -0.4 is 24.7 Å². The normalized spacial score (nSPS) is 12.4. The lowest BCUT2D eigenvalue weighted by molar-refractivity contribution is 0.261. The lowest BCUT2D eigenvalue weighted by Crippen LogP contribution is -2.31. The second kappa shape index (κ2) is 10.9. The van der Waals surface area contributed by atoms with Gasteiger partial charge in [0.25, 0.3) is 0 Å². The van der Waals surface area contributed by atoms with Gasteiger partial charge in [-0.15, -0.1) is 0 Å². The quantitative estimate of drug-likeness (QED) is 0.524. The van der Waals surface area contributed by atoms with Crippen LogP contribution >= 0.6 is 0 Å². The van der Waals surface area contributed by atoms with E-state index < -0.39 is 10.0 Å². The number of primary sulfonamides is 1. The summed E-state index contributed by atoms with van der Waals surface area (Å²) in [6, 6.07) is 14.0. The molecule has 0 radical (unpaired) electrons. The van der Waals surface area contributed by atoms with Crippen molar-refractivity contribution >= 4 is 10.0 Å². The highest BCUT2D eigenvalue weighted by Gasteiger charge is 2.09.